The lowest BCUT2D eigenvalue weighted by atomic mass is 9.82. The van der Waals surface area contributed by atoms with Crippen molar-refractivity contribution >= 4 is 6.03 Å². The molecular weight excluding hydrogens is 280 g/mol. The van der Waals surface area contributed by atoms with Crippen molar-refractivity contribution in [3.63, 3.8) is 0 Å². The van der Waals surface area contributed by atoms with Crippen LogP contribution in [0, 0.1) is 5.41 Å². The summed E-state index contributed by atoms with van der Waals surface area (Å²) in [6.45, 7) is 10.6. The number of carbonyl (C=O) groups is 1. The van der Waals surface area contributed by atoms with Gasteiger partial charge in [0.15, 0.2) is 18.2 Å². The molecule has 2 N–H and O–H groups in total. The van der Waals surface area contributed by atoms with Crippen LogP contribution < -0.4 is 20.1 Å². The first kappa shape index (κ1) is 18.1. The number of carbonyl (C=O) groups excluding carboxylic acids is 1. The Morgan fingerprint density at radius 3 is 2.23 bits per heavy atom. The molecule has 5 heteroatoms. The Morgan fingerprint density at radius 1 is 1.09 bits per heavy atom. The zero-order chi connectivity index (χ0) is 16.8. The van der Waals surface area contributed by atoms with Crippen molar-refractivity contribution in [3.8, 4) is 11.5 Å². The summed E-state index contributed by atoms with van der Waals surface area (Å²) < 4.78 is 10.7. The first-order chi connectivity index (χ1) is 10.1. The zero-order valence-electron chi connectivity index (χ0n) is 14.4. The van der Waals surface area contributed by atoms with E-state index in [1.54, 1.807) is 13.2 Å². The number of para-hydroxylation sites is 2. The second kappa shape index (κ2) is 7.38. The Kier molecular flexibility index (Phi) is 6.09. The molecule has 1 aromatic rings. The van der Waals surface area contributed by atoms with Crippen LogP contribution in [-0.4, -0.2) is 25.4 Å². The van der Waals surface area contributed by atoms with Gasteiger partial charge in [-0.1, -0.05) is 32.9 Å². The average molecular weight is 308 g/mol. The molecule has 0 fully saturated rings. The maximum absolute atomic E-state index is 12.0. The molecule has 124 valence electrons. The molecule has 1 rings (SSSR count). The van der Waals surface area contributed by atoms with Crippen LogP contribution in [0.25, 0.3) is 0 Å². The number of hydrogen-bond donors (Lipinski definition) is 2. The lowest BCUT2D eigenvalue weighted by Crippen LogP contribution is -2.50. The molecule has 2 amide bonds. The molecule has 5 nitrogen and oxygen atoms in total. The van der Waals surface area contributed by atoms with Gasteiger partial charge in [0, 0.05) is 5.54 Å². The van der Waals surface area contributed by atoms with E-state index in [0.29, 0.717) is 11.5 Å². The van der Waals surface area contributed by atoms with Gasteiger partial charge in [0.1, 0.15) is 0 Å². The van der Waals surface area contributed by atoms with Crippen molar-refractivity contribution in [2.45, 2.75) is 46.6 Å². The standard InChI is InChI=1S/C17H28N2O3/c1-16(2,3)11-17(4,5)19-15(20)18-12-22-14-10-8-7-9-13(14)21-6/h7-10H,11-12H2,1-6H3,(H2,18,19,20). The second-order valence-corrected chi connectivity index (χ2v) is 7.19. The SMILES string of the molecule is COc1ccccc1OCNC(=O)NC(C)(C)CC(C)(C)C. The highest BCUT2D eigenvalue weighted by Gasteiger charge is 2.26. The molecular formula is C17H28N2O3. The fourth-order valence-electron chi connectivity index (χ4n) is 2.64. The Labute approximate surface area is 133 Å². The number of nitrogens with one attached hydrogen (secondary N) is 2. The van der Waals surface area contributed by atoms with Gasteiger partial charge in [-0.15, -0.1) is 0 Å². The van der Waals surface area contributed by atoms with Gasteiger partial charge >= 0.3 is 6.03 Å². The third-order valence-electron chi connectivity index (χ3n) is 2.95. The quantitative estimate of drug-likeness (QED) is 0.790. The number of methoxy groups -OCH3 is 1. The molecule has 0 radical (unpaired) electrons. The Balaban J connectivity index is 2.43. The second-order valence-electron chi connectivity index (χ2n) is 7.19. The summed E-state index contributed by atoms with van der Waals surface area (Å²) in [4.78, 5) is 12.0. The molecule has 0 heterocycles. The lowest BCUT2D eigenvalue weighted by Gasteiger charge is -2.33. The molecule has 0 aliphatic heterocycles. The third-order valence-corrected chi connectivity index (χ3v) is 2.95. The van der Waals surface area contributed by atoms with Crippen molar-refractivity contribution in [1.82, 2.24) is 10.6 Å². The van der Waals surface area contributed by atoms with E-state index < -0.39 is 0 Å². The normalized spacial score (nSPS) is 11.7. The van der Waals surface area contributed by atoms with Gasteiger partial charge in [0.05, 0.1) is 7.11 Å². The smallest absolute Gasteiger partial charge is 0.317 e. The predicted molar refractivity (Wildman–Crippen MR) is 88.3 cm³/mol. The van der Waals surface area contributed by atoms with Crippen LogP contribution in [0.15, 0.2) is 24.3 Å². The van der Waals surface area contributed by atoms with Crippen LogP contribution in [-0.2, 0) is 0 Å². The highest BCUT2D eigenvalue weighted by atomic mass is 16.5. The summed E-state index contributed by atoms with van der Waals surface area (Å²) in [5.41, 5.74) is -0.141. The Morgan fingerprint density at radius 2 is 1.68 bits per heavy atom. The van der Waals surface area contributed by atoms with E-state index >= 15 is 0 Å². The van der Waals surface area contributed by atoms with E-state index in [2.05, 4.69) is 31.4 Å². The van der Waals surface area contributed by atoms with Crippen LogP contribution in [0.3, 0.4) is 0 Å². The number of rotatable bonds is 6. The minimum absolute atomic E-state index is 0.0812. The fraction of sp³-hybridized carbons (Fsp3) is 0.588. The minimum atomic E-state index is -0.285. The molecule has 0 bridgehead atoms. The number of benzene rings is 1. The van der Waals surface area contributed by atoms with Crippen molar-refractivity contribution in [2.75, 3.05) is 13.8 Å². The predicted octanol–water partition coefficient (Wildman–Crippen LogP) is 3.55. The minimum Gasteiger partial charge on any atom is -0.493 e. The fourth-order valence-corrected chi connectivity index (χ4v) is 2.64. The molecule has 0 spiro atoms. The molecule has 0 unspecified atom stereocenters. The number of ether oxygens (including phenoxy) is 2. The van der Waals surface area contributed by atoms with E-state index in [1.165, 1.54) is 0 Å². The van der Waals surface area contributed by atoms with Gasteiger partial charge in [-0.2, -0.15) is 0 Å². The topological polar surface area (TPSA) is 59.6 Å². The molecule has 0 aliphatic rings. The molecule has 0 saturated heterocycles. The van der Waals surface area contributed by atoms with E-state index in [1.807, 2.05) is 32.0 Å². The first-order valence-electron chi connectivity index (χ1n) is 7.45. The number of urea groups is 1. The Bertz CT molecular complexity index is 493. The van der Waals surface area contributed by atoms with Gasteiger partial charge in [-0.05, 0) is 37.8 Å². The van der Waals surface area contributed by atoms with Crippen LogP contribution in [0.2, 0.25) is 0 Å². The molecule has 1 aromatic carbocycles. The molecule has 0 aromatic heterocycles. The van der Waals surface area contributed by atoms with Crippen LogP contribution >= 0.6 is 0 Å². The van der Waals surface area contributed by atoms with Crippen LogP contribution in [0.5, 0.6) is 11.5 Å². The van der Waals surface area contributed by atoms with E-state index in [9.17, 15) is 4.79 Å². The first-order valence-corrected chi connectivity index (χ1v) is 7.45. The van der Waals surface area contributed by atoms with Crippen LogP contribution in [0.4, 0.5) is 4.79 Å². The van der Waals surface area contributed by atoms with Crippen molar-refractivity contribution < 1.29 is 14.3 Å². The van der Waals surface area contributed by atoms with Crippen LogP contribution in [0.1, 0.15) is 41.0 Å². The number of amides is 2. The van der Waals surface area contributed by atoms with E-state index in [-0.39, 0.29) is 23.7 Å². The van der Waals surface area contributed by atoms with Gasteiger partial charge in [0.2, 0.25) is 0 Å². The summed E-state index contributed by atoms with van der Waals surface area (Å²) in [5, 5.41) is 5.66. The maximum Gasteiger partial charge on any atom is 0.317 e. The van der Waals surface area contributed by atoms with E-state index in [4.69, 9.17) is 9.47 Å². The van der Waals surface area contributed by atoms with Crippen molar-refractivity contribution in [2.24, 2.45) is 5.41 Å². The van der Waals surface area contributed by atoms with Crippen molar-refractivity contribution in [3.05, 3.63) is 24.3 Å². The molecule has 0 saturated carbocycles. The van der Waals surface area contributed by atoms with Gasteiger partial charge in [-0.25, -0.2) is 4.79 Å². The molecule has 0 aliphatic carbocycles. The maximum atomic E-state index is 12.0. The highest BCUT2D eigenvalue weighted by molar-refractivity contribution is 5.74. The zero-order valence-corrected chi connectivity index (χ0v) is 14.4. The highest BCUT2D eigenvalue weighted by Crippen LogP contribution is 2.27. The summed E-state index contributed by atoms with van der Waals surface area (Å²) in [6.07, 6.45) is 0.876. The average Bonchev–Trinajstić information content (AvgIpc) is 2.35. The van der Waals surface area contributed by atoms with Crippen molar-refractivity contribution in [1.29, 1.82) is 0 Å². The summed E-state index contributed by atoms with van der Waals surface area (Å²) >= 11 is 0. The van der Waals surface area contributed by atoms with Gasteiger partial charge in [0.25, 0.3) is 0 Å². The monoisotopic (exact) mass is 308 g/mol. The van der Waals surface area contributed by atoms with Gasteiger partial charge in [-0.3, -0.25) is 0 Å². The summed E-state index contributed by atoms with van der Waals surface area (Å²) in [7, 11) is 1.58. The Hall–Kier alpha value is -1.91. The van der Waals surface area contributed by atoms with Gasteiger partial charge < -0.3 is 20.1 Å². The largest absolute Gasteiger partial charge is 0.493 e. The number of hydrogen-bond acceptors (Lipinski definition) is 3. The molecule has 0 atom stereocenters. The summed E-state index contributed by atoms with van der Waals surface area (Å²) in [5.74, 6) is 1.23. The lowest BCUT2D eigenvalue weighted by molar-refractivity contribution is 0.198. The molecule has 22 heavy (non-hydrogen) atoms. The summed E-state index contributed by atoms with van der Waals surface area (Å²) in [6, 6.07) is 7.07. The van der Waals surface area contributed by atoms with E-state index in [0.717, 1.165) is 6.42 Å². The third kappa shape index (κ3) is 6.70.